The van der Waals surface area contributed by atoms with Gasteiger partial charge in [0.2, 0.25) is 11.2 Å². The van der Waals surface area contributed by atoms with Gasteiger partial charge >= 0.3 is 0 Å². The summed E-state index contributed by atoms with van der Waals surface area (Å²) in [6.45, 7) is 0. The number of hydrogen-bond donors (Lipinski definition) is 1. The molecule has 0 aliphatic carbocycles. The molecule has 1 aromatic carbocycles. The van der Waals surface area contributed by atoms with Crippen LogP contribution in [0.25, 0.3) is 5.95 Å². The van der Waals surface area contributed by atoms with E-state index >= 15 is 0 Å². The molecule has 3 rings (SSSR count). The molecule has 0 bridgehead atoms. The van der Waals surface area contributed by atoms with Gasteiger partial charge in [-0.2, -0.15) is 20.1 Å². The van der Waals surface area contributed by atoms with E-state index in [0.29, 0.717) is 16.7 Å². The Morgan fingerprint density at radius 2 is 2.00 bits per heavy atom. The average Bonchev–Trinajstić information content (AvgIpc) is 2.95. The van der Waals surface area contributed by atoms with Gasteiger partial charge in [0, 0.05) is 16.9 Å². The van der Waals surface area contributed by atoms with Gasteiger partial charge in [-0.25, -0.2) is 4.68 Å². The molecule has 2 heterocycles. The Morgan fingerprint density at radius 3 is 2.71 bits per heavy atom. The first-order chi connectivity index (χ1) is 10.1. The van der Waals surface area contributed by atoms with Crippen molar-refractivity contribution in [2.45, 2.75) is 0 Å². The van der Waals surface area contributed by atoms with Crippen LogP contribution in [-0.2, 0) is 0 Å². The molecule has 0 aliphatic rings. The van der Waals surface area contributed by atoms with Gasteiger partial charge in [0.15, 0.2) is 0 Å². The smallest absolute Gasteiger partial charge is 0.256 e. The van der Waals surface area contributed by atoms with E-state index in [2.05, 4.69) is 41.3 Å². The zero-order chi connectivity index (χ0) is 14.8. The number of nitrogens with one attached hydrogen (secondary N) is 1. The van der Waals surface area contributed by atoms with Crippen LogP contribution in [0, 0.1) is 0 Å². The topological polar surface area (TPSA) is 68.5 Å². The van der Waals surface area contributed by atoms with Crippen LogP contribution < -0.4 is 5.32 Å². The largest absolute Gasteiger partial charge is 0.323 e. The second-order valence-corrected chi connectivity index (χ2v) is 5.59. The Kier molecular flexibility index (Phi) is 4.05. The van der Waals surface area contributed by atoms with Crippen molar-refractivity contribution in [2.75, 3.05) is 5.32 Å². The van der Waals surface area contributed by atoms with E-state index in [4.69, 9.17) is 23.2 Å². The predicted octanol–water partition coefficient (Wildman–Crippen LogP) is 3.87. The van der Waals surface area contributed by atoms with E-state index in [9.17, 15) is 0 Å². The maximum absolute atomic E-state index is 6.14. The molecule has 9 heteroatoms. The zero-order valence-corrected chi connectivity index (χ0v) is 13.4. The Balaban J connectivity index is 1.95. The van der Waals surface area contributed by atoms with Gasteiger partial charge in [0.05, 0.1) is 10.7 Å². The van der Waals surface area contributed by atoms with Crippen molar-refractivity contribution >= 4 is 50.8 Å². The molecular weight excluding hydrogens is 379 g/mol. The molecule has 2 aromatic heterocycles. The van der Waals surface area contributed by atoms with Crippen molar-refractivity contribution in [3.63, 3.8) is 0 Å². The Bertz CT molecular complexity index is 777. The second-order valence-electron chi connectivity index (χ2n) is 3.93. The number of halogens is 3. The number of hydrogen-bond acceptors (Lipinski definition) is 5. The van der Waals surface area contributed by atoms with Gasteiger partial charge in [-0.1, -0.05) is 27.5 Å². The summed E-state index contributed by atoms with van der Waals surface area (Å²) in [5.41, 5.74) is 0.661. The van der Waals surface area contributed by atoms with Crippen LogP contribution in [0.1, 0.15) is 0 Å². The summed E-state index contributed by atoms with van der Waals surface area (Å²) in [7, 11) is 0. The molecule has 0 fully saturated rings. The van der Waals surface area contributed by atoms with Gasteiger partial charge in [0.25, 0.3) is 5.95 Å². The van der Waals surface area contributed by atoms with Crippen molar-refractivity contribution in [3.8, 4) is 5.95 Å². The van der Waals surface area contributed by atoms with Crippen LogP contribution >= 0.6 is 39.1 Å². The van der Waals surface area contributed by atoms with Crippen LogP contribution in [0.3, 0.4) is 0 Å². The molecule has 21 heavy (non-hydrogen) atoms. The Morgan fingerprint density at radius 1 is 1.14 bits per heavy atom. The monoisotopic (exact) mass is 384 g/mol. The lowest BCUT2D eigenvalue weighted by atomic mass is 10.3. The standard InChI is InChI=1S/C12H7BrCl2N6/c13-7-2-3-9(8(14)6-7)17-11-18-10(15)19-12(20-11)21-5-1-4-16-21/h1-6H,(H,17,18,19,20). The summed E-state index contributed by atoms with van der Waals surface area (Å²) < 4.78 is 2.37. The molecule has 0 amide bonds. The molecule has 0 saturated heterocycles. The molecule has 0 atom stereocenters. The summed E-state index contributed by atoms with van der Waals surface area (Å²) in [6.07, 6.45) is 3.33. The zero-order valence-electron chi connectivity index (χ0n) is 10.3. The molecule has 6 nitrogen and oxygen atoms in total. The third kappa shape index (κ3) is 3.31. The van der Waals surface area contributed by atoms with Crippen molar-refractivity contribution in [2.24, 2.45) is 0 Å². The number of benzene rings is 1. The molecule has 0 spiro atoms. The van der Waals surface area contributed by atoms with Crippen molar-refractivity contribution in [3.05, 3.63) is 51.4 Å². The highest BCUT2D eigenvalue weighted by atomic mass is 79.9. The second kappa shape index (κ2) is 5.97. The molecule has 0 unspecified atom stereocenters. The molecule has 3 aromatic rings. The van der Waals surface area contributed by atoms with Gasteiger partial charge in [-0.15, -0.1) is 0 Å². The number of anilines is 2. The fourth-order valence-corrected chi connectivity index (χ4v) is 2.47. The van der Waals surface area contributed by atoms with Gasteiger partial charge in [0.1, 0.15) is 0 Å². The molecular formula is C12H7BrCl2N6. The highest BCUT2D eigenvalue weighted by Crippen LogP contribution is 2.27. The molecule has 0 aliphatic heterocycles. The summed E-state index contributed by atoms with van der Waals surface area (Å²) in [4.78, 5) is 12.3. The van der Waals surface area contributed by atoms with Crippen molar-refractivity contribution in [1.29, 1.82) is 0 Å². The first-order valence-corrected chi connectivity index (χ1v) is 7.30. The van der Waals surface area contributed by atoms with Crippen LogP contribution in [0.15, 0.2) is 41.1 Å². The number of rotatable bonds is 3. The summed E-state index contributed by atoms with van der Waals surface area (Å²) in [6, 6.07) is 7.18. The van der Waals surface area contributed by atoms with Crippen molar-refractivity contribution < 1.29 is 0 Å². The Labute approximate surface area is 138 Å². The molecule has 106 valence electrons. The highest BCUT2D eigenvalue weighted by Gasteiger charge is 2.09. The van der Waals surface area contributed by atoms with Crippen molar-refractivity contribution in [1.82, 2.24) is 24.7 Å². The van der Waals surface area contributed by atoms with E-state index in [1.165, 1.54) is 4.68 Å². The SMILES string of the molecule is Clc1nc(Nc2ccc(Br)cc2Cl)nc(-n2cccn2)n1. The van der Waals surface area contributed by atoms with Crippen LogP contribution in [0.2, 0.25) is 10.3 Å². The minimum Gasteiger partial charge on any atom is -0.323 e. The first-order valence-electron chi connectivity index (χ1n) is 5.75. The third-order valence-corrected chi connectivity index (χ3v) is 3.46. The van der Waals surface area contributed by atoms with Crippen LogP contribution in [-0.4, -0.2) is 24.7 Å². The predicted molar refractivity (Wildman–Crippen MR) is 84.4 cm³/mol. The lowest BCUT2D eigenvalue weighted by molar-refractivity contribution is 0.798. The molecule has 0 saturated carbocycles. The Hall–Kier alpha value is -1.70. The minimum absolute atomic E-state index is 0.0613. The number of aromatic nitrogens is 5. The fourth-order valence-electron chi connectivity index (χ4n) is 1.60. The van der Waals surface area contributed by atoms with Gasteiger partial charge in [-0.3, -0.25) is 0 Å². The third-order valence-electron chi connectivity index (χ3n) is 2.48. The quantitative estimate of drug-likeness (QED) is 0.741. The number of nitrogens with zero attached hydrogens (tertiary/aromatic N) is 5. The average molecular weight is 386 g/mol. The molecule has 1 N–H and O–H groups in total. The lowest BCUT2D eigenvalue weighted by Gasteiger charge is -2.08. The van der Waals surface area contributed by atoms with E-state index in [-0.39, 0.29) is 11.2 Å². The van der Waals surface area contributed by atoms with E-state index in [1.54, 1.807) is 30.6 Å². The van der Waals surface area contributed by atoms with E-state index in [0.717, 1.165) is 4.47 Å². The maximum atomic E-state index is 6.14. The highest BCUT2D eigenvalue weighted by molar-refractivity contribution is 9.10. The van der Waals surface area contributed by atoms with E-state index < -0.39 is 0 Å². The summed E-state index contributed by atoms with van der Waals surface area (Å²) in [5.74, 6) is 0.598. The minimum atomic E-state index is 0.0613. The normalized spacial score (nSPS) is 10.6. The van der Waals surface area contributed by atoms with Crippen LogP contribution in [0.4, 0.5) is 11.6 Å². The maximum Gasteiger partial charge on any atom is 0.256 e. The van der Waals surface area contributed by atoms with Gasteiger partial charge < -0.3 is 5.32 Å². The molecule has 0 radical (unpaired) electrons. The van der Waals surface area contributed by atoms with E-state index in [1.807, 2.05) is 6.07 Å². The first kappa shape index (κ1) is 14.2. The lowest BCUT2D eigenvalue weighted by Crippen LogP contribution is -2.07. The summed E-state index contributed by atoms with van der Waals surface area (Å²) in [5, 5.41) is 7.64. The fraction of sp³-hybridized carbons (Fsp3) is 0. The van der Waals surface area contributed by atoms with Gasteiger partial charge in [-0.05, 0) is 35.9 Å². The van der Waals surface area contributed by atoms with Crippen LogP contribution in [0.5, 0.6) is 0 Å². The summed E-state index contributed by atoms with van der Waals surface area (Å²) >= 11 is 15.4.